The zero-order chi connectivity index (χ0) is 34.2. The molecule has 3 N–H and O–H groups in total. The number of nitrogens with zero attached hydrogens (tertiary/aromatic N) is 6. The number of ether oxygens (including phenoxy) is 1. The number of carbonyl (C=O) groups excluding carboxylic acids is 1. The number of carboxylic acids is 1. The monoisotopic (exact) mass is 666 g/mol. The Hall–Kier alpha value is -4.79. The van der Waals surface area contributed by atoms with Gasteiger partial charge in [-0.2, -0.15) is 18.2 Å². The van der Waals surface area contributed by atoms with Crippen LogP contribution in [0.3, 0.4) is 0 Å². The molecule has 2 aliphatic carbocycles. The van der Waals surface area contributed by atoms with Crippen molar-refractivity contribution in [2.75, 3.05) is 56.0 Å². The summed E-state index contributed by atoms with van der Waals surface area (Å²) >= 11 is 0. The van der Waals surface area contributed by atoms with Crippen LogP contribution in [0.4, 0.5) is 30.5 Å². The van der Waals surface area contributed by atoms with Crippen LogP contribution in [-0.4, -0.2) is 82.8 Å². The summed E-state index contributed by atoms with van der Waals surface area (Å²) in [7, 11) is 5.19. The third-order valence-electron chi connectivity index (χ3n) is 9.05. The van der Waals surface area contributed by atoms with Crippen molar-refractivity contribution < 1.29 is 32.6 Å². The highest BCUT2D eigenvalue weighted by Crippen LogP contribution is 2.46. The lowest BCUT2D eigenvalue weighted by Gasteiger charge is -2.34. The molecule has 0 bridgehead atoms. The number of imidazole rings is 1. The van der Waals surface area contributed by atoms with Crippen molar-refractivity contribution >= 4 is 40.4 Å². The van der Waals surface area contributed by atoms with Gasteiger partial charge in [-0.3, -0.25) is 19.9 Å². The largest absolute Gasteiger partial charge is 0.480 e. The van der Waals surface area contributed by atoms with Crippen LogP contribution in [0.2, 0.25) is 0 Å². The molecule has 2 aliphatic rings. The van der Waals surface area contributed by atoms with E-state index in [1.165, 1.54) is 23.4 Å². The van der Waals surface area contributed by atoms with Gasteiger partial charge < -0.3 is 24.6 Å². The van der Waals surface area contributed by atoms with Gasteiger partial charge in [0.25, 0.3) is 5.91 Å². The number of likely N-dealkylation sites (N-methyl/N-ethyl adjacent to an activating group) is 1. The number of aromatic amines is 1. The molecule has 0 radical (unpaired) electrons. The molecule has 15 heteroatoms. The van der Waals surface area contributed by atoms with Gasteiger partial charge >= 0.3 is 12.1 Å². The van der Waals surface area contributed by atoms with E-state index in [1.807, 2.05) is 11.9 Å². The van der Waals surface area contributed by atoms with Crippen LogP contribution in [0, 0.1) is 5.41 Å². The Kier molecular flexibility index (Phi) is 8.98. The van der Waals surface area contributed by atoms with Crippen molar-refractivity contribution in [3.63, 3.8) is 0 Å². The molecule has 0 aliphatic heterocycles. The fourth-order valence-corrected chi connectivity index (χ4v) is 6.58. The molecule has 0 spiro atoms. The molecule has 254 valence electrons. The van der Waals surface area contributed by atoms with Crippen molar-refractivity contribution in [2.24, 2.45) is 5.41 Å². The summed E-state index contributed by atoms with van der Waals surface area (Å²) in [5.74, 6) is -1.69. The highest BCUT2D eigenvalue weighted by molar-refractivity contribution is 6.03. The van der Waals surface area contributed by atoms with E-state index < -0.39 is 23.6 Å². The summed E-state index contributed by atoms with van der Waals surface area (Å²) in [6.07, 6.45) is 3.75. The molecular formula is C33H37F3N8O4. The summed E-state index contributed by atoms with van der Waals surface area (Å²) in [5, 5.41) is 11.7. The number of anilines is 3. The fraction of sp³-hybridized carbons (Fsp3) is 0.455. The topological polar surface area (TPSA) is 149 Å². The second kappa shape index (κ2) is 13.0. The first-order valence-corrected chi connectivity index (χ1v) is 15.7. The molecule has 0 saturated heterocycles. The minimum absolute atomic E-state index is 0.0624. The molecule has 4 aromatic heterocycles. The first-order chi connectivity index (χ1) is 22.9. The second-order valence-corrected chi connectivity index (χ2v) is 12.8. The van der Waals surface area contributed by atoms with Crippen molar-refractivity contribution in [2.45, 2.75) is 50.6 Å². The average molecular weight is 667 g/mol. The number of rotatable bonds is 12. The number of aliphatic carboxylic acids is 1. The quantitative estimate of drug-likeness (QED) is 0.171. The van der Waals surface area contributed by atoms with Crippen molar-refractivity contribution in [1.82, 2.24) is 24.9 Å². The van der Waals surface area contributed by atoms with Gasteiger partial charge in [-0.05, 0) is 49.9 Å². The Morgan fingerprint density at radius 1 is 1.08 bits per heavy atom. The number of amides is 1. The maximum Gasteiger partial charge on any atom is 0.418 e. The van der Waals surface area contributed by atoms with E-state index in [1.54, 1.807) is 26.3 Å². The lowest BCUT2D eigenvalue weighted by Crippen LogP contribution is -2.37. The number of H-pyrrole nitrogens is 1. The Balaban J connectivity index is 1.36. The maximum atomic E-state index is 14.1. The molecular weight excluding hydrogens is 629 g/mol. The van der Waals surface area contributed by atoms with Crippen LogP contribution in [0.15, 0.2) is 36.7 Å². The summed E-state index contributed by atoms with van der Waals surface area (Å²) in [4.78, 5) is 48.3. The zero-order valence-electron chi connectivity index (χ0n) is 26.9. The first kappa shape index (κ1) is 33.1. The number of hydrogen-bond acceptors (Lipinski definition) is 9. The predicted octanol–water partition coefficient (Wildman–Crippen LogP) is 5.73. The number of nitrogens with one attached hydrogen (secondary N) is 2. The van der Waals surface area contributed by atoms with Gasteiger partial charge in [-0.25, -0.2) is 9.97 Å². The number of hydrogen-bond donors (Lipinski definition) is 3. The Labute approximate surface area is 274 Å². The molecule has 2 fully saturated rings. The van der Waals surface area contributed by atoms with Gasteiger partial charge in [0.2, 0.25) is 5.95 Å². The van der Waals surface area contributed by atoms with Crippen molar-refractivity contribution in [3.05, 3.63) is 53.6 Å². The lowest BCUT2D eigenvalue weighted by molar-refractivity contribution is -0.138. The van der Waals surface area contributed by atoms with Crippen LogP contribution in [-0.2, 0) is 15.7 Å². The molecule has 12 nitrogen and oxygen atoms in total. The number of methoxy groups -OCH3 is 1. The maximum absolute atomic E-state index is 14.1. The van der Waals surface area contributed by atoms with Crippen LogP contribution in [0.5, 0.6) is 0 Å². The summed E-state index contributed by atoms with van der Waals surface area (Å²) < 4.78 is 48.0. The van der Waals surface area contributed by atoms with Crippen molar-refractivity contribution in [3.8, 4) is 11.3 Å². The fourth-order valence-electron chi connectivity index (χ4n) is 6.58. The van der Waals surface area contributed by atoms with E-state index in [9.17, 15) is 22.8 Å². The van der Waals surface area contributed by atoms with Crippen molar-refractivity contribution in [1.29, 1.82) is 0 Å². The number of carboxylic acid groups (broad SMARTS) is 1. The summed E-state index contributed by atoms with van der Waals surface area (Å²) in [6, 6.07) is 5.89. The third kappa shape index (κ3) is 7.05. The van der Waals surface area contributed by atoms with E-state index in [2.05, 4.69) is 30.2 Å². The highest BCUT2D eigenvalue weighted by Gasteiger charge is 2.40. The zero-order valence-corrected chi connectivity index (χ0v) is 26.9. The Bertz CT molecular complexity index is 1820. The lowest BCUT2D eigenvalue weighted by atomic mass is 9.86. The molecule has 0 aromatic carbocycles. The third-order valence-corrected chi connectivity index (χ3v) is 9.05. The SMILES string of the molecule is COCC1(CN(C)c2cc(-c3cnc(C4CC4)c(C(F)(F)F)c3)nc3nc(NC(=O)c4ccc(N(C)CC(=O)O)cn4)[nH]c23)CCCC1. The average Bonchev–Trinajstić information content (AvgIpc) is 3.66. The van der Waals surface area contributed by atoms with E-state index in [4.69, 9.17) is 9.84 Å². The standard InChI is InChI=1S/C33H37F3N8O4/c1-43(16-26(45)46)21-8-9-23(37-15-21)30(47)42-31-40-28-25(44(2)17-32(18-48-3)10-4-5-11-32)13-24(39-29(28)41-31)20-12-22(33(34,35)36)27(38-14-20)19-6-7-19/h8-9,12-15,19H,4-7,10-11,16-18H2,1-3H3,(H,45,46)(H2,39,40,41,42,47). The number of aromatic nitrogens is 5. The second-order valence-electron chi connectivity index (χ2n) is 12.8. The highest BCUT2D eigenvalue weighted by atomic mass is 19.4. The van der Waals surface area contributed by atoms with Gasteiger partial charge in [0.15, 0.2) is 5.65 Å². The van der Waals surface area contributed by atoms with Gasteiger partial charge in [0.1, 0.15) is 17.8 Å². The van der Waals surface area contributed by atoms with E-state index >= 15 is 0 Å². The predicted molar refractivity (Wildman–Crippen MR) is 173 cm³/mol. The van der Waals surface area contributed by atoms with Crippen LogP contribution in [0.25, 0.3) is 22.4 Å². The smallest absolute Gasteiger partial charge is 0.418 e. The van der Waals surface area contributed by atoms with Gasteiger partial charge in [0.05, 0.1) is 41.1 Å². The van der Waals surface area contributed by atoms with Gasteiger partial charge in [-0.1, -0.05) is 12.8 Å². The van der Waals surface area contributed by atoms with E-state index in [0.717, 1.165) is 31.7 Å². The number of carbonyl (C=O) groups is 2. The minimum Gasteiger partial charge on any atom is -0.480 e. The Morgan fingerprint density at radius 2 is 1.83 bits per heavy atom. The molecule has 4 heterocycles. The molecule has 4 aromatic rings. The van der Waals surface area contributed by atoms with Crippen LogP contribution < -0.4 is 15.1 Å². The summed E-state index contributed by atoms with van der Waals surface area (Å²) in [5.41, 5.74) is 1.62. The molecule has 48 heavy (non-hydrogen) atoms. The number of alkyl halides is 3. The molecule has 6 rings (SSSR count). The van der Waals surface area contributed by atoms with Gasteiger partial charge in [0, 0.05) is 50.8 Å². The van der Waals surface area contributed by atoms with Crippen LogP contribution in [0.1, 0.15) is 66.2 Å². The number of pyridine rings is 3. The minimum atomic E-state index is -4.57. The Morgan fingerprint density at radius 3 is 2.46 bits per heavy atom. The molecule has 0 atom stereocenters. The summed E-state index contributed by atoms with van der Waals surface area (Å²) in [6.45, 7) is 0.963. The van der Waals surface area contributed by atoms with Crippen LogP contribution >= 0.6 is 0 Å². The van der Waals surface area contributed by atoms with Gasteiger partial charge in [-0.15, -0.1) is 0 Å². The molecule has 2 saturated carbocycles. The number of halogens is 3. The molecule has 1 amide bonds. The molecule has 0 unspecified atom stereocenters. The van der Waals surface area contributed by atoms with E-state index in [-0.39, 0.29) is 52.1 Å². The number of fused-ring (bicyclic) bond motifs is 1. The first-order valence-electron chi connectivity index (χ1n) is 15.7. The normalized spacial score (nSPS) is 15.9. The van der Waals surface area contributed by atoms with E-state index in [0.29, 0.717) is 42.9 Å².